The smallest absolute Gasteiger partial charge is 0.247 e. The Labute approximate surface area is 231 Å². The molecular formula is C27H33N9O4. The Balaban J connectivity index is 1.41. The van der Waals surface area contributed by atoms with Crippen molar-refractivity contribution in [3.8, 4) is 0 Å². The number of carbonyl (C=O) groups is 4. The highest BCUT2D eigenvalue weighted by atomic mass is 16.2. The van der Waals surface area contributed by atoms with Crippen LogP contribution in [0.5, 0.6) is 0 Å². The number of nitrogen functional groups attached to an aromatic ring is 1. The lowest BCUT2D eigenvalue weighted by molar-refractivity contribution is -0.131. The number of aromatic amines is 1. The van der Waals surface area contributed by atoms with Crippen molar-refractivity contribution in [2.24, 2.45) is 5.92 Å². The second kappa shape index (κ2) is 12.8. The van der Waals surface area contributed by atoms with Gasteiger partial charge >= 0.3 is 0 Å². The molecule has 13 heteroatoms. The van der Waals surface area contributed by atoms with E-state index < -0.39 is 23.9 Å². The molecule has 0 fully saturated rings. The molecule has 1 aliphatic heterocycles. The standard InChI is InChI=1S/C27H33N9O4/c1-3-16(2)25(31-23(37)12-17-7-6-9-19(28)11-17)27(40)30-15-24(38)36-20-10-5-4-8-18(20)13-21(36)26(39)29-14-22-32-34-35-33-22/h4-11,16,21,25H,3,12-15,28H2,1-2H3,(H,29,39)(H,30,40)(H,31,37)(H,32,33,34,35)/t16?,21-,25?/m0/s1. The quantitative estimate of drug-likeness (QED) is 0.211. The summed E-state index contributed by atoms with van der Waals surface area (Å²) in [5.41, 5.74) is 8.53. The number of fused-ring (bicyclic) bond motifs is 1. The Morgan fingerprint density at radius 3 is 2.65 bits per heavy atom. The Kier molecular flexibility index (Phi) is 9.04. The molecule has 0 spiro atoms. The molecule has 3 aromatic rings. The second-order valence-electron chi connectivity index (χ2n) is 9.73. The van der Waals surface area contributed by atoms with Crippen LogP contribution in [0, 0.1) is 5.92 Å². The van der Waals surface area contributed by atoms with E-state index in [1.165, 1.54) is 4.90 Å². The summed E-state index contributed by atoms with van der Waals surface area (Å²) in [7, 11) is 0. The minimum Gasteiger partial charge on any atom is -0.399 e. The van der Waals surface area contributed by atoms with Gasteiger partial charge in [-0.15, -0.1) is 10.2 Å². The number of carbonyl (C=O) groups excluding carboxylic acids is 4. The first kappa shape index (κ1) is 28.2. The molecule has 40 heavy (non-hydrogen) atoms. The van der Waals surface area contributed by atoms with E-state index in [0.717, 1.165) is 11.1 Å². The average Bonchev–Trinajstić information content (AvgIpc) is 3.61. The zero-order valence-electron chi connectivity index (χ0n) is 22.4. The topological polar surface area (TPSA) is 188 Å². The number of aromatic nitrogens is 4. The number of hydrogen-bond acceptors (Lipinski definition) is 8. The normalized spacial score (nSPS) is 15.6. The summed E-state index contributed by atoms with van der Waals surface area (Å²) in [6.45, 7) is 3.47. The van der Waals surface area contributed by atoms with Crippen LogP contribution in [0.2, 0.25) is 0 Å². The van der Waals surface area contributed by atoms with Crippen LogP contribution in [0.1, 0.15) is 37.2 Å². The third-order valence-electron chi connectivity index (χ3n) is 6.90. The van der Waals surface area contributed by atoms with Gasteiger partial charge in [0.25, 0.3) is 0 Å². The molecule has 13 nitrogen and oxygen atoms in total. The Morgan fingerprint density at radius 2 is 1.93 bits per heavy atom. The maximum absolute atomic E-state index is 13.4. The van der Waals surface area contributed by atoms with Crippen LogP contribution < -0.4 is 26.6 Å². The molecule has 2 aromatic carbocycles. The number of nitrogens with one attached hydrogen (secondary N) is 4. The van der Waals surface area contributed by atoms with Crippen LogP contribution in [0.15, 0.2) is 48.5 Å². The van der Waals surface area contributed by atoms with E-state index >= 15 is 0 Å². The highest BCUT2D eigenvalue weighted by Crippen LogP contribution is 2.32. The van der Waals surface area contributed by atoms with Gasteiger partial charge < -0.3 is 21.7 Å². The minimum absolute atomic E-state index is 0.0484. The van der Waals surface area contributed by atoms with E-state index in [-0.39, 0.29) is 37.2 Å². The van der Waals surface area contributed by atoms with Gasteiger partial charge in [-0.05, 0) is 35.2 Å². The van der Waals surface area contributed by atoms with Gasteiger partial charge in [0.1, 0.15) is 12.1 Å². The third-order valence-corrected chi connectivity index (χ3v) is 6.90. The van der Waals surface area contributed by atoms with Crippen molar-refractivity contribution in [3.63, 3.8) is 0 Å². The molecule has 210 valence electrons. The first-order valence-electron chi connectivity index (χ1n) is 13.1. The molecule has 3 atom stereocenters. The van der Waals surface area contributed by atoms with Crippen molar-refractivity contribution in [2.45, 2.75) is 51.7 Å². The molecule has 0 radical (unpaired) electrons. The first-order chi connectivity index (χ1) is 19.3. The SMILES string of the molecule is CCC(C)C(NC(=O)Cc1cccc(N)c1)C(=O)NCC(=O)N1c2ccccc2C[C@H]1C(=O)NCc1nn[nH]n1. The summed E-state index contributed by atoms with van der Waals surface area (Å²) in [5, 5.41) is 21.6. The van der Waals surface area contributed by atoms with Gasteiger partial charge in [0.05, 0.1) is 19.5 Å². The first-order valence-corrected chi connectivity index (χ1v) is 13.1. The molecule has 4 amide bonds. The third kappa shape index (κ3) is 6.79. The van der Waals surface area contributed by atoms with E-state index in [1.54, 1.807) is 36.4 Å². The molecule has 2 unspecified atom stereocenters. The molecule has 4 rings (SSSR count). The summed E-state index contributed by atoms with van der Waals surface area (Å²) < 4.78 is 0. The summed E-state index contributed by atoms with van der Waals surface area (Å²) in [6, 6.07) is 12.6. The second-order valence-corrected chi connectivity index (χ2v) is 9.73. The Bertz CT molecular complexity index is 1360. The zero-order valence-corrected chi connectivity index (χ0v) is 22.4. The van der Waals surface area contributed by atoms with Crippen LogP contribution in [-0.2, 0) is 38.6 Å². The van der Waals surface area contributed by atoms with Gasteiger partial charge in [-0.2, -0.15) is 5.21 Å². The summed E-state index contributed by atoms with van der Waals surface area (Å²) in [5.74, 6) is -1.52. The van der Waals surface area contributed by atoms with Crippen LogP contribution in [0.3, 0.4) is 0 Å². The molecule has 1 aromatic heterocycles. The lowest BCUT2D eigenvalue weighted by atomic mass is 9.97. The number of para-hydroxylation sites is 1. The molecule has 6 N–H and O–H groups in total. The van der Waals surface area contributed by atoms with Crippen molar-refractivity contribution < 1.29 is 19.2 Å². The zero-order chi connectivity index (χ0) is 28.6. The maximum Gasteiger partial charge on any atom is 0.247 e. The molecular weight excluding hydrogens is 514 g/mol. The van der Waals surface area contributed by atoms with Gasteiger partial charge in [-0.1, -0.05) is 55.8 Å². The predicted octanol–water partition coefficient (Wildman–Crippen LogP) is 0.246. The van der Waals surface area contributed by atoms with Crippen LogP contribution in [0.25, 0.3) is 0 Å². The van der Waals surface area contributed by atoms with Crippen LogP contribution in [-0.4, -0.2) is 62.9 Å². The van der Waals surface area contributed by atoms with E-state index in [4.69, 9.17) is 5.73 Å². The molecule has 0 bridgehead atoms. The minimum atomic E-state index is -0.841. The van der Waals surface area contributed by atoms with Crippen molar-refractivity contribution in [3.05, 3.63) is 65.5 Å². The van der Waals surface area contributed by atoms with Gasteiger partial charge in [-0.25, -0.2) is 0 Å². The van der Waals surface area contributed by atoms with E-state index in [2.05, 4.69) is 36.6 Å². The number of nitrogens with zero attached hydrogens (tertiary/aromatic N) is 4. The number of anilines is 2. The number of tetrazole rings is 1. The van der Waals surface area contributed by atoms with E-state index in [0.29, 0.717) is 30.0 Å². The Morgan fingerprint density at radius 1 is 1.12 bits per heavy atom. The van der Waals surface area contributed by atoms with Gasteiger partial charge in [0.15, 0.2) is 5.82 Å². The van der Waals surface area contributed by atoms with Crippen molar-refractivity contribution in [1.29, 1.82) is 0 Å². The van der Waals surface area contributed by atoms with Gasteiger partial charge in [0, 0.05) is 17.8 Å². The summed E-state index contributed by atoms with van der Waals surface area (Å²) in [6.07, 6.45) is 1.02. The van der Waals surface area contributed by atoms with Crippen molar-refractivity contribution in [2.75, 3.05) is 17.2 Å². The summed E-state index contributed by atoms with van der Waals surface area (Å²) in [4.78, 5) is 53.8. The fraction of sp³-hybridized carbons (Fsp3) is 0.370. The average molecular weight is 548 g/mol. The number of rotatable bonds is 11. The number of H-pyrrole nitrogens is 1. The number of hydrogen-bond donors (Lipinski definition) is 5. The lowest BCUT2D eigenvalue weighted by Gasteiger charge is -2.27. The number of nitrogens with two attached hydrogens (primary N) is 1. The number of benzene rings is 2. The molecule has 1 aliphatic rings. The molecule has 0 saturated carbocycles. The van der Waals surface area contributed by atoms with Crippen molar-refractivity contribution >= 4 is 35.0 Å². The van der Waals surface area contributed by atoms with Crippen molar-refractivity contribution in [1.82, 2.24) is 36.6 Å². The maximum atomic E-state index is 13.4. The molecule has 0 saturated heterocycles. The van der Waals surface area contributed by atoms with Gasteiger partial charge in [-0.3, -0.25) is 24.1 Å². The molecule has 2 heterocycles. The van der Waals surface area contributed by atoms with Crippen LogP contribution >= 0.6 is 0 Å². The fourth-order valence-electron chi connectivity index (χ4n) is 4.62. The fourth-order valence-corrected chi connectivity index (χ4v) is 4.62. The molecule has 0 aliphatic carbocycles. The highest BCUT2D eigenvalue weighted by molar-refractivity contribution is 6.05. The predicted molar refractivity (Wildman–Crippen MR) is 146 cm³/mol. The van der Waals surface area contributed by atoms with E-state index in [1.807, 2.05) is 26.0 Å². The summed E-state index contributed by atoms with van der Waals surface area (Å²) >= 11 is 0. The van der Waals surface area contributed by atoms with E-state index in [9.17, 15) is 19.2 Å². The largest absolute Gasteiger partial charge is 0.399 e. The monoisotopic (exact) mass is 547 g/mol. The van der Waals surface area contributed by atoms with Crippen LogP contribution in [0.4, 0.5) is 11.4 Å². The van der Waals surface area contributed by atoms with Gasteiger partial charge in [0.2, 0.25) is 23.6 Å². The highest BCUT2D eigenvalue weighted by Gasteiger charge is 2.38. The number of amides is 4. The lowest BCUT2D eigenvalue weighted by Crippen LogP contribution is -2.54. The Hall–Kier alpha value is -4.81.